The molecule has 9 nitrogen and oxygen atoms in total. The van der Waals surface area contributed by atoms with Crippen LogP contribution in [0.25, 0.3) is 33.1 Å². The lowest BCUT2D eigenvalue weighted by atomic mass is 10.0. The molecule has 5 N–H and O–H groups in total. The van der Waals surface area contributed by atoms with E-state index in [1.54, 1.807) is 30.3 Å². The number of hydrogen-bond acceptors (Lipinski definition) is 5. The number of benzene rings is 3. The third kappa shape index (κ3) is 7.00. The second-order valence-electron chi connectivity index (χ2n) is 10.0. The van der Waals surface area contributed by atoms with Crippen molar-refractivity contribution in [2.24, 2.45) is 10.7 Å². The van der Waals surface area contributed by atoms with Crippen molar-refractivity contribution in [3.8, 4) is 17.3 Å². The molecular formula is C33H30ClN7O2. The molecule has 0 saturated carbocycles. The lowest BCUT2D eigenvalue weighted by Gasteiger charge is -2.18. The van der Waals surface area contributed by atoms with Crippen LogP contribution in [-0.4, -0.2) is 46.1 Å². The van der Waals surface area contributed by atoms with E-state index in [9.17, 15) is 14.9 Å². The van der Waals surface area contributed by atoms with Crippen LogP contribution in [0, 0.1) is 11.3 Å². The molecule has 5 rings (SSSR count). The number of aromatic nitrogens is 2. The van der Waals surface area contributed by atoms with Crippen LogP contribution in [-0.2, 0) is 11.3 Å². The molecule has 216 valence electrons. The van der Waals surface area contributed by atoms with Gasteiger partial charge in [0.05, 0.1) is 28.7 Å². The van der Waals surface area contributed by atoms with Gasteiger partial charge >= 0.3 is 0 Å². The minimum Gasteiger partial charge on any atom is -0.386 e. The third-order valence-electron chi connectivity index (χ3n) is 7.05. The summed E-state index contributed by atoms with van der Waals surface area (Å²) >= 11 is 5.72. The van der Waals surface area contributed by atoms with Crippen molar-refractivity contribution in [3.63, 3.8) is 0 Å². The lowest BCUT2D eigenvalue weighted by molar-refractivity contribution is -0.123. The number of nitriles is 1. The first kappa shape index (κ1) is 29.3. The highest BCUT2D eigenvalue weighted by atomic mass is 35.5. The van der Waals surface area contributed by atoms with Crippen LogP contribution in [0.15, 0.2) is 89.9 Å². The average Bonchev–Trinajstić information content (AvgIpc) is 3.43. The van der Waals surface area contributed by atoms with E-state index in [1.807, 2.05) is 54.6 Å². The molecule has 5 aromatic rings. The first-order valence-corrected chi connectivity index (χ1v) is 14.4. The first-order chi connectivity index (χ1) is 21.0. The molecule has 0 aliphatic carbocycles. The van der Waals surface area contributed by atoms with E-state index < -0.39 is 11.9 Å². The Morgan fingerprint density at radius 2 is 1.77 bits per heavy atom. The summed E-state index contributed by atoms with van der Waals surface area (Å²) in [4.78, 5) is 39.4. The molecule has 2 aromatic heterocycles. The number of nitrogens with zero attached hydrogens (tertiary/aromatic N) is 3. The zero-order chi connectivity index (χ0) is 30.2. The van der Waals surface area contributed by atoms with E-state index in [2.05, 4.69) is 26.7 Å². The number of aromatic amines is 1. The van der Waals surface area contributed by atoms with Gasteiger partial charge in [0, 0.05) is 34.9 Å². The summed E-state index contributed by atoms with van der Waals surface area (Å²) in [5.41, 5.74) is 10.3. The number of rotatable bonds is 11. The van der Waals surface area contributed by atoms with Crippen molar-refractivity contribution in [1.82, 2.24) is 20.6 Å². The van der Waals surface area contributed by atoms with E-state index >= 15 is 0 Å². The minimum atomic E-state index is -0.831. The standard InChI is InChI=1S/C33H30ClN7O2/c34-18-29(36)37-16-6-11-27(32(42)38-20-22-7-2-1-3-8-22)41-33(43)28-17-25-24-9-4-5-10-26(24)39-31(25)30(40-28)23-14-12-21(19-35)13-15-23/h1-5,7-10,12-15,17,27,39H,6,11,16,18,20H2,(H2,36,37)(H,38,42)(H,41,43)/t27-/m0/s1. The van der Waals surface area contributed by atoms with Gasteiger partial charge in [0.25, 0.3) is 5.91 Å². The molecule has 10 heteroatoms. The second-order valence-corrected chi connectivity index (χ2v) is 10.3. The molecule has 0 aliphatic heterocycles. The predicted octanol–water partition coefficient (Wildman–Crippen LogP) is 5.05. The Labute approximate surface area is 253 Å². The topological polar surface area (TPSA) is 149 Å². The molecular weight excluding hydrogens is 562 g/mol. The molecule has 3 aromatic carbocycles. The maximum atomic E-state index is 13.7. The monoisotopic (exact) mass is 591 g/mol. The number of carbonyl (C=O) groups excluding carboxylic acids is 2. The summed E-state index contributed by atoms with van der Waals surface area (Å²) in [6, 6.07) is 27.4. The average molecular weight is 592 g/mol. The van der Waals surface area contributed by atoms with Gasteiger partial charge in [0.2, 0.25) is 5.91 Å². The molecule has 0 aliphatic rings. The van der Waals surface area contributed by atoms with Gasteiger partial charge in [-0.2, -0.15) is 5.26 Å². The Bertz CT molecular complexity index is 1830. The number of nitrogens with two attached hydrogens (primary N) is 1. The zero-order valence-electron chi connectivity index (χ0n) is 23.3. The Hall–Kier alpha value is -5.20. The number of aliphatic imine (C=N–C) groups is 1. The second kappa shape index (κ2) is 13.6. The largest absolute Gasteiger partial charge is 0.386 e. The molecule has 0 radical (unpaired) electrons. The minimum absolute atomic E-state index is 0.126. The molecule has 2 amide bonds. The summed E-state index contributed by atoms with van der Waals surface area (Å²) in [6.45, 7) is 0.699. The van der Waals surface area contributed by atoms with Crippen LogP contribution < -0.4 is 16.4 Å². The van der Waals surface area contributed by atoms with Crippen molar-refractivity contribution in [3.05, 3.63) is 102 Å². The van der Waals surface area contributed by atoms with Crippen molar-refractivity contribution < 1.29 is 9.59 Å². The third-order valence-corrected chi connectivity index (χ3v) is 7.32. The summed E-state index contributed by atoms with van der Waals surface area (Å²) in [7, 11) is 0. The first-order valence-electron chi connectivity index (χ1n) is 13.9. The molecule has 1 atom stereocenters. The SMILES string of the molecule is N#Cc1ccc(-c2nc(C(=O)N[C@@H](CCCN=C(N)CCl)C(=O)NCc3ccccc3)cc3c2[nH]c2ccccc23)cc1. The van der Waals surface area contributed by atoms with Gasteiger partial charge in [0.15, 0.2) is 0 Å². The number of hydrogen-bond donors (Lipinski definition) is 4. The number of carbonyl (C=O) groups is 2. The molecule has 2 heterocycles. The summed E-state index contributed by atoms with van der Waals surface area (Å²) in [5.74, 6) is -0.346. The number of pyridine rings is 1. The highest BCUT2D eigenvalue weighted by Gasteiger charge is 2.23. The highest BCUT2D eigenvalue weighted by Crippen LogP contribution is 2.32. The van der Waals surface area contributed by atoms with E-state index in [0.29, 0.717) is 43.0 Å². The summed E-state index contributed by atoms with van der Waals surface area (Å²) in [6.07, 6.45) is 0.843. The van der Waals surface area contributed by atoms with E-state index in [4.69, 9.17) is 22.3 Å². The molecule has 0 fully saturated rings. The van der Waals surface area contributed by atoms with Crippen LogP contribution in [0.1, 0.15) is 34.5 Å². The fourth-order valence-electron chi connectivity index (χ4n) is 4.84. The Kier molecular flexibility index (Phi) is 9.29. The van der Waals surface area contributed by atoms with Gasteiger partial charge in [-0.3, -0.25) is 14.6 Å². The summed E-state index contributed by atoms with van der Waals surface area (Å²) < 4.78 is 0. The predicted molar refractivity (Wildman–Crippen MR) is 170 cm³/mol. The van der Waals surface area contributed by atoms with Crippen molar-refractivity contribution in [2.45, 2.75) is 25.4 Å². The smallest absolute Gasteiger partial charge is 0.270 e. The van der Waals surface area contributed by atoms with E-state index in [-0.39, 0.29) is 17.5 Å². The number of alkyl halides is 1. The number of para-hydroxylation sites is 1. The van der Waals surface area contributed by atoms with Crippen molar-refractivity contribution in [2.75, 3.05) is 12.4 Å². The van der Waals surface area contributed by atoms with Gasteiger partial charge in [0.1, 0.15) is 17.6 Å². The Morgan fingerprint density at radius 3 is 2.51 bits per heavy atom. The van der Waals surface area contributed by atoms with Gasteiger partial charge in [-0.05, 0) is 42.7 Å². The number of amidine groups is 1. The highest BCUT2D eigenvalue weighted by molar-refractivity contribution is 6.28. The number of nitrogens with one attached hydrogen (secondary N) is 3. The van der Waals surface area contributed by atoms with Crippen molar-refractivity contribution >= 4 is 51.1 Å². The van der Waals surface area contributed by atoms with Crippen LogP contribution in [0.4, 0.5) is 0 Å². The normalized spacial score (nSPS) is 12.1. The van der Waals surface area contributed by atoms with Crippen molar-refractivity contribution in [1.29, 1.82) is 5.26 Å². The molecule has 0 bridgehead atoms. The van der Waals surface area contributed by atoms with Crippen LogP contribution in [0.2, 0.25) is 0 Å². The van der Waals surface area contributed by atoms with Crippen LogP contribution >= 0.6 is 11.6 Å². The fraction of sp³-hybridized carbons (Fsp3) is 0.182. The van der Waals surface area contributed by atoms with Gasteiger partial charge in [-0.25, -0.2) is 4.98 Å². The van der Waals surface area contributed by atoms with Gasteiger partial charge < -0.3 is 21.4 Å². The van der Waals surface area contributed by atoms with Gasteiger partial charge in [-0.15, -0.1) is 11.6 Å². The molecule has 0 saturated heterocycles. The lowest BCUT2D eigenvalue weighted by Crippen LogP contribution is -2.46. The quantitative estimate of drug-likeness (QED) is 0.0734. The number of amides is 2. The zero-order valence-corrected chi connectivity index (χ0v) is 24.1. The van der Waals surface area contributed by atoms with E-state index in [0.717, 1.165) is 32.9 Å². The Morgan fingerprint density at radius 1 is 1.02 bits per heavy atom. The number of fused-ring (bicyclic) bond motifs is 3. The maximum Gasteiger partial charge on any atom is 0.270 e. The molecule has 43 heavy (non-hydrogen) atoms. The number of halogens is 1. The van der Waals surface area contributed by atoms with Crippen LogP contribution in [0.5, 0.6) is 0 Å². The fourth-order valence-corrected chi connectivity index (χ4v) is 4.93. The Balaban J connectivity index is 1.46. The molecule has 0 unspecified atom stereocenters. The maximum absolute atomic E-state index is 13.7. The number of H-pyrrole nitrogens is 1. The molecule has 0 spiro atoms. The summed E-state index contributed by atoms with van der Waals surface area (Å²) in [5, 5.41) is 16.8. The van der Waals surface area contributed by atoms with Crippen LogP contribution in [0.3, 0.4) is 0 Å². The van der Waals surface area contributed by atoms with Gasteiger partial charge in [-0.1, -0.05) is 60.7 Å². The van der Waals surface area contributed by atoms with E-state index in [1.165, 1.54) is 0 Å².